The van der Waals surface area contributed by atoms with Crippen molar-refractivity contribution in [2.45, 2.75) is 57.5 Å². The van der Waals surface area contributed by atoms with Crippen molar-refractivity contribution in [3.05, 3.63) is 52.8 Å². The number of fused-ring (bicyclic) bond motifs is 4. The third kappa shape index (κ3) is 1.75. The molecule has 124 valence electrons. The monoisotopic (exact) mass is 337 g/mol. The molecule has 0 N–H and O–H groups in total. The second kappa shape index (κ2) is 5.09. The van der Waals surface area contributed by atoms with Crippen LogP contribution in [0.15, 0.2) is 36.7 Å². The normalized spacial score (nSPS) is 22.4. The molecule has 3 heterocycles. The average Bonchev–Trinajstić information content (AvgIpc) is 3.23. The molecular formula is C20H23N3S. The maximum atomic E-state index is 4.57. The number of thiazole rings is 1. The summed E-state index contributed by atoms with van der Waals surface area (Å²) in [6.45, 7) is 4.62. The minimum atomic E-state index is 0.171. The van der Waals surface area contributed by atoms with Crippen LogP contribution >= 0.6 is 11.3 Å². The zero-order chi connectivity index (χ0) is 16.3. The maximum Gasteiger partial charge on any atom is 0.194 e. The Morgan fingerprint density at radius 2 is 1.96 bits per heavy atom. The molecule has 5 rings (SSSR count). The van der Waals surface area contributed by atoms with Gasteiger partial charge in [0.25, 0.3) is 0 Å². The van der Waals surface area contributed by atoms with Crippen molar-refractivity contribution in [2.75, 3.05) is 4.90 Å². The Hall–Kier alpha value is -1.81. The minimum Gasteiger partial charge on any atom is -0.352 e. The highest BCUT2D eigenvalue weighted by Gasteiger charge is 2.52. The fourth-order valence-corrected chi connectivity index (χ4v) is 6.43. The van der Waals surface area contributed by atoms with E-state index in [1.165, 1.54) is 49.0 Å². The van der Waals surface area contributed by atoms with Crippen molar-refractivity contribution in [1.82, 2.24) is 9.38 Å². The van der Waals surface area contributed by atoms with E-state index >= 15 is 0 Å². The Morgan fingerprint density at radius 3 is 2.75 bits per heavy atom. The molecule has 1 spiro atoms. The fraction of sp³-hybridized carbons (Fsp3) is 0.450. The summed E-state index contributed by atoms with van der Waals surface area (Å²) in [5.74, 6) is 0. The highest BCUT2D eigenvalue weighted by molar-refractivity contribution is 7.17. The number of aryl methyl sites for hydroxylation is 1. The topological polar surface area (TPSA) is 20.5 Å². The molecule has 1 atom stereocenters. The molecule has 24 heavy (non-hydrogen) atoms. The molecule has 1 saturated carbocycles. The number of nitrogens with zero attached hydrogens (tertiary/aromatic N) is 3. The van der Waals surface area contributed by atoms with Crippen LogP contribution in [-0.2, 0) is 5.54 Å². The number of hydrogen-bond donors (Lipinski definition) is 0. The van der Waals surface area contributed by atoms with E-state index in [0.29, 0.717) is 6.04 Å². The van der Waals surface area contributed by atoms with Gasteiger partial charge in [0, 0.05) is 18.1 Å². The first kappa shape index (κ1) is 14.5. The molecule has 2 aliphatic rings. The van der Waals surface area contributed by atoms with Gasteiger partial charge in [0.05, 0.1) is 22.2 Å². The molecule has 1 unspecified atom stereocenters. The van der Waals surface area contributed by atoms with Crippen LogP contribution in [0.2, 0.25) is 0 Å². The summed E-state index contributed by atoms with van der Waals surface area (Å²) in [5, 5.41) is 0. The molecule has 3 nitrogen and oxygen atoms in total. The van der Waals surface area contributed by atoms with Crippen molar-refractivity contribution in [1.29, 1.82) is 0 Å². The van der Waals surface area contributed by atoms with E-state index in [1.807, 2.05) is 17.5 Å². The highest BCUT2D eigenvalue weighted by atomic mass is 32.1. The second-order valence-electron chi connectivity index (χ2n) is 7.32. The Labute approximate surface area is 146 Å². The molecule has 0 amide bonds. The smallest absolute Gasteiger partial charge is 0.194 e. The summed E-state index contributed by atoms with van der Waals surface area (Å²) >= 11 is 1.92. The van der Waals surface area contributed by atoms with Gasteiger partial charge in [-0.25, -0.2) is 4.98 Å². The molecule has 1 fully saturated rings. The summed E-state index contributed by atoms with van der Waals surface area (Å²) in [4.78, 5) is 10.0. The van der Waals surface area contributed by atoms with Gasteiger partial charge < -0.3 is 4.90 Å². The maximum absolute atomic E-state index is 4.57. The molecule has 0 radical (unpaired) electrons. The van der Waals surface area contributed by atoms with Crippen LogP contribution < -0.4 is 4.90 Å². The van der Waals surface area contributed by atoms with Gasteiger partial charge >= 0.3 is 0 Å². The molecule has 2 aromatic heterocycles. The molecule has 1 aliphatic heterocycles. The lowest BCUT2D eigenvalue weighted by atomic mass is 9.80. The van der Waals surface area contributed by atoms with E-state index in [4.69, 9.17) is 0 Å². The van der Waals surface area contributed by atoms with Crippen molar-refractivity contribution in [3.8, 4) is 0 Å². The Kier molecular flexibility index (Phi) is 3.08. The zero-order valence-corrected chi connectivity index (χ0v) is 15.1. The summed E-state index contributed by atoms with van der Waals surface area (Å²) in [6, 6.07) is 9.28. The SMILES string of the molecule is Cc1ccccc1N1C(C)c2c(sc3nccn23)C12CCCCC2. The molecule has 0 bridgehead atoms. The molecule has 1 aliphatic carbocycles. The predicted octanol–water partition coefficient (Wildman–Crippen LogP) is 5.44. The van der Waals surface area contributed by atoms with E-state index in [1.54, 1.807) is 4.88 Å². The van der Waals surface area contributed by atoms with Crippen LogP contribution in [0.25, 0.3) is 4.96 Å². The van der Waals surface area contributed by atoms with Crippen LogP contribution in [-0.4, -0.2) is 9.38 Å². The van der Waals surface area contributed by atoms with Crippen LogP contribution in [0.4, 0.5) is 5.69 Å². The minimum absolute atomic E-state index is 0.171. The Morgan fingerprint density at radius 1 is 1.17 bits per heavy atom. The van der Waals surface area contributed by atoms with E-state index in [0.717, 1.165) is 4.96 Å². The van der Waals surface area contributed by atoms with Gasteiger partial charge in [0.2, 0.25) is 0 Å². The first-order valence-corrected chi connectivity index (χ1v) is 9.85. The molecule has 1 aromatic carbocycles. The summed E-state index contributed by atoms with van der Waals surface area (Å²) in [7, 11) is 0. The number of imidazole rings is 1. The number of hydrogen-bond acceptors (Lipinski definition) is 3. The van der Waals surface area contributed by atoms with Crippen molar-refractivity contribution >= 4 is 22.0 Å². The van der Waals surface area contributed by atoms with E-state index in [9.17, 15) is 0 Å². The standard InChI is InChI=1S/C20H23N3S/c1-14-8-4-5-9-16(14)23-15(2)17-18(20(23)10-6-3-7-11-20)24-19-21-12-13-22(17)19/h4-5,8-9,12-13,15H,3,6-7,10-11H2,1-2H3. The van der Waals surface area contributed by atoms with Crippen molar-refractivity contribution in [3.63, 3.8) is 0 Å². The van der Waals surface area contributed by atoms with Crippen LogP contribution in [0, 0.1) is 6.92 Å². The molecule has 4 heteroatoms. The van der Waals surface area contributed by atoms with Gasteiger partial charge in [0.15, 0.2) is 4.96 Å². The van der Waals surface area contributed by atoms with Crippen LogP contribution in [0.5, 0.6) is 0 Å². The van der Waals surface area contributed by atoms with Crippen molar-refractivity contribution in [2.24, 2.45) is 0 Å². The predicted molar refractivity (Wildman–Crippen MR) is 99.9 cm³/mol. The molecular weight excluding hydrogens is 314 g/mol. The summed E-state index contributed by atoms with van der Waals surface area (Å²) in [5.41, 5.74) is 4.43. The van der Waals surface area contributed by atoms with Gasteiger partial charge in [-0.05, 0) is 38.3 Å². The van der Waals surface area contributed by atoms with E-state index < -0.39 is 0 Å². The second-order valence-corrected chi connectivity index (χ2v) is 8.30. The number of aromatic nitrogens is 2. The lowest BCUT2D eigenvalue weighted by Gasteiger charge is -2.45. The number of rotatable bonds is 1. The third-order valence-corrected chi connectivity index (χ3v) is 7.29. The van der Waals surface area contributed by atoms with E-state index in [-0.39, 0.29) is 5.54 Å². The van der Waals surface area contributed by atoms with E-state index in [2.05, 4.69) is 58.6 Å². The van der Waals surface area contributed by atoms with Gasteiger partial charge in [-0.2, -0.15) is 0 Å². The highest BCUT2D eigenvalue weighted by Crippen LogP contribution is 2.57. The lowest BCUT2D eigenvalue weighted by Crippen LogP contribution is -2.44. The summed E-state index contributed by atoms with van der Waals surface area (Å²) < 4.78 is 2.33. The lowest BCUT2D eigenvalue weighted by molar-refractivity contribution is 0.288. The van der Waals surface area contributed by atoms with Crippen molar-refractivity contribution < 1.29 is 0 Å². The first-order chi connectivity index (χ1) is 11.7. The fourth-order valence-electron chi connectivity index (χ4n) is 5.01. The third-order valence-electron chi connectivity index (χ3n) is 6.01. The van der Waals surface area contributed by atoms with Crippen LogP contribution in [0.1, 0.15) is 61.2 Å². The average molecular weight is 337 g/mol. The Bertz CT molecular complexity index is 901. The van der Waals surface area contributed by atoms with Gasteiger partial charge in [-0.1, -0.05) is 48.8 Å². The zero-order valence-electron chi connectivity index (χ0n) is 14.3. The quantitative estimate of drug-likeness (QED) is 0.589. The largest absolute Gasteiger partial charge is 0.352 e. The number of benzene rings is 1. The molecule has 3 aromatic rings. The van der Waals surface area contributed by atoms with Crippen LogP contribution in [0.3, 0.4) is 0 Å². The first-order valence-electron chi connectivity index (χ1n) is 9.03. The number of anilines is 1. The van der Waals surface area contributed by atoms with Gasteiger partial charge in [-0.15, -0.1) is 0 Å². The van der Waals surface area contributed by atoms with Gasteiger partial charge in [-0.3, -0.25) is 4.40 Å². The summed E-state index contributed by atoms with van der Waals surface area (Å²) in [6.07, 6.45) is 10.6. The number of para-hydroxylation sites is 1. The Balaban J connectivity index is 1.77. The van der Waals surface area contributed by atoms with Gasteiger partial charge in [0.1, 0.15) is 0 Å². The molecule has 0 saturated heterocycles.